The van der Waals surface area contributed by atoms with Gasteiger partial charge < -0.3 is 14.9 Å². The zero-order valence-corrected chi connectivity index (χ0v) is 9.72. The molecule has 0 fully saturated rings. The third-order valence-electron chi connectivity index (χ3n) is 3.08. The van der Waals surface area contributed by atoms with Gasteiger partial charge in [-0.05, 0) is 43.4 Å². The van der Waals surface area contributed by atoms with Crippen molar-refractivity contribution in [2.24, 2.45) is 0 Å². The van der Waals surface area contributed by atoms with Crippen LogP contribution in [0.25, 0.3) is 0 Å². The standard InChI is InChI=1S/C13H16O4/c1-8(13(15)16)17-12-7-3-4-9-10(12)5-2-6-11(9)14/h3-4,7-8,11,14H,2,5-6H2,1H3,(H,15,16). The number of benzene rings is 1. The highest BCUT2D eigenvalue weighted by molar-refractivity contribution is 5.72. The van der Waals surface area contributed by atoms with Crippen LogP contribution >= 0.6 is 0 Å². The van der Waals surface area contributed by atoms with Crippen LogP contribution in [0.1, 0.15) is 37.0 Å². The predicted molar refractivity (Wildman–Crippen MR) is 62.1 cm³/mol. The second-order valence-corrected chi connectivity index (χ2v) is 4.33. The molecule has 1 aromatic carbocycles. The van der Waals surface area contributed by atoms with E-state index in [0.29, 0.717) is 5.75 Å². The zero-order chi connectivity index (χ0) is 12.4. The minimum Gasteiger partial charge on any atom is -0.479 e. The summed E-state index contributed by atoms with van der Waals surface area (Å²) in [6.07, 6.45) is 1.15. The number of fused-ring (bicyclic) bond motifs is 1. The Morgan fingerprint density at radius 3 is 3.00 bits per heavy atom. The van der Waals surface area contributed by atoms with E-state index in [1.807, 2.05) is 6.07 Å². The lowest BCUT2D eigenvalue weighted by Crippen LogP contribution is -2.24. The highest BCUT2D eigenvalue weighted by Gasteiger charge is 2.22. The van der Waals surface area contributed by atoms with E-state index in [0.717, 1.165) is 30.4 Å². The number of carboxylic acid groups (broad SMARTS) is 1. The van der Waals surface area contributed by atoms with Gasteiger partial charge in [0.15, 0.2) is 6.10 Å². The van der Waals surface area contributed by atoms with E-state index in [9.17, 15) is 9.90 Å². The van der Waals surface area contributed by atoms with Crippen LogP contribution < -0.4 is 4.74 Å². The number of aliphatic hydroxyl groups excluding tert-OH is 1. The van der Waals surface area contributed by atoms with Crippen LogP contribution in [0.2, 0.25) is 0 Å². The van der Waals surface area contributed by atoms with E-state index in [4.69, 9.17) is 9.84 Å². The van der Waals surface area contributed by atoms with Gasteiger partial charge in [-0.2, -0.15) is 0 Å². The molecule has 0 radical (unpaired) electrons. The third kappa shape index (κ3) is 2.42. The lowest BCUT2D eigenvalue weighted by atomic mass is 9.89. The number of hydrogen-bond donors (Lipinski definition) is 2. The minimum atomic E-state index is -0.987. The molecule has 92 valence electrons. The van der Waals surface area contributed by atoms with Crippen molar-refractivity contribution in [2.75, 3.05) is 0 Å². The van der Waals surface area contributed by atoms with E-state index < -0.39 is 18.2 Å². The molecule has 0 heterocycles. The van der Waals surface area contributed by atoms with Crippen LogP contribution in [0.5, 0.6) is 5.75 Å². The van der Waals surface area contributed by atoms with Crippen LogP contribution in [0.3, 0.4) is 0 Å². The monoisotopic (exact) mass is 236 g/mol. The zero-order valence-electron chi connectivity index (χ0n) is 9.72. The number of hydrogen-bond acceptors (Lipinski definition) is 3. The van der Waals surface area contributed by atoms with Gasteiger partial charge in [-0.15, -0.1) is 0 Å². The molecule has 0 bridgehead atoms. The first-order valence-electron chi connectivity index (χ1n) is 5.79. The molecule has 0 aliphatic heterocycles. The second kappa shape index (κ2) is 4.75. The number of carbonyl (C=O) groups is 1. The Morgan fingerprint density at radius 2 is 2.29 bits per heavy atom. The van der Waals surface area contributed by atoms with Crippen molar-refractivity contribution in [1.29, 1.82) is 0 Å². The topological polar surface area (TPSA) is 66.8 Å². The van der Waals surface area contributed by atoms with Gasteiger partial charge in [-0.1, -0.05) is 12.1 Å². The maximum atomic E-state index is 10.8. The highest BCUT2D eigenvalue weighted by atomic mass is 16.5. The Balaban J connectivity index is 2.29. The molecule has 1 aromatic rings. The smallest absolute Gasteiger partial charge is 0.344 e. The summed E-state index contributed by atoms with van der Waals surface area (Å²) in [7, 11) is 0. The summed E-state index contributed by atoms with van der Waals surface area (Å²) in [6.45, 7) is 1.50. The normalized spacial score (nSPS) is 20.5. The fourth-order valence-corrected chi connectivity index (χ4v) is 2.14. The number of aliphatic carboxylic acids is 1. The Morgan fingerprint density at radius 1 is 1.53 bits per heavy atom. The van der Waals surface area contributed by atoms with Gasteiger partial charge in [0.2, 0.25) is 0 Å². The first-order valence-corrected chi connectivity index (χ1v) is 5.79. The first-order chi connectivity index (χ1) is 8.09. The van der Waals surface area contributed by atoms with Gasteiger partial charge in [0.05, 0.1) is 6.10 Å². The molecule has 2 N–H and O–H groups in total. The van der Waals surface area contributed by atoms with Crippen LogP contribution in [-0.4, -0.2) is 22.3 Å². The fraction of sp³-hybridized carbons (Fsp3) is 0.462. The Bertz CT molecular complexity index is 427. The van der Waals surface area contributed by atoms with Gasteiger partial charge in [0, 0.05) is 0 Å². The molecule has 4 nitrogen and oxygen atoms in total. The van der Waals surface area contributed by atoms with Crippen molar-refractivity contribution in [1.82, 2.24) is 0 Å². The first kappa shape index (κ1) is 11.9. The SMILES string of the molecule is CC(Oc1cccc2c1CCCC2O)C(=O)O. The van der Waals surface area contributed by atoms with Gasteiger partial charge in [0.25, 0.3) is 0 Å². The van der Waals surface area contributed by atoms with E-state index in [1.165, 1.54) is 6.92 Å². The van der Waals surface area contributed by atoms with Gasteiger partial charge >= 0.3 is 5.97 Å². The van der Waals surface area contributed by atoms with Crippen LogP contribution in [0.15, 0.2) is 18.2 Å². The van der Waals surface area contributed by atoms with Gasteiger partial charge in [-0.3, -0.25) is 0 Å². The summed E-state index contributed by atoms with van der Waals surface area (Å²) in [5.74, 6) is -0.407. The summed E-state index contributed by atoms with van der Waals surface area (Å²) >= 11 is 0. The lowest BCUT2D eigenvalue weighted by Gasteiger charge is -2.24. The average Bonchev–Trinajstić information content (AvgIpc) is 2.30. The summed E-state index contributed by atoms with van der Waals surface area (Å²) in [5.41, 5.74) is 1.81. The minimum absolute atomic E-state index is 0.456. The predicted octanol–water partition coefficient (Wildman–Crippen LogP) is 1.91. The summed E-state index contributed by atoms with van der Waals surface area (Å²) in [5, 5.41) is 18.7. The highest BCUT2D eigenvalue weighted by Crippen LogP contribution is 2.35. The molecule has 17 heavy (non-hydrogen) atoms. The molecule has 2 rings (SSSR count). The van der Waals surface area contributed by atoms with Crippen LogP contribution in [0.4, 0.5) is 0 Å². The summed E-state index contributed by atoms with van der Waals surface area (Å²) in [6, 6.07) is 5.42. The van der Waals surface area contributed by atoms with E-state index in [-0.39, 0.29) is 0 Å². The molecular formula is C13H16O4. The van der Waals surface area contributed by atoms with E-state index in [2.05, 4.69) is 0 Å². The Kier molecular flexibility index (Phi) is 3.33. The Labute approximate surface area is 99.8 Å². The van der Waals surface area contributed by atoms with Crippen molar-refractivity contribution in [2.45, 2.75) is 38.4 Å². The number of carboxylic acids is 1. The molecule has 0 saturated heterocycles. The molecule has 1 aliphatic rings. The number of ether oxygens (including phenoxy) is 1. The molecule has 0 saturated carbocycles. The Hall–Kier alpha value is -1.55. The molecule has 0 spiro atoms. The van der Waals surface area contributed by atoms with Crippen LogP contribution in [-0.2, 0) is 11.2 Å². The third-order valence-corrected chi connectivity index (χ3v) is 3.08. The second-order valence-electron chi connectivity index (χ2n) is 4.33. The summed E-state index contributed by atoms with van der Waals surface area (Å²) in [4.78, 5) is 10.8. The van der Waals surface area contributed by atoms with Crippen molar-refractivity contribution < 1.29 is 19.7 Å². The van der Waals surface area contributed by atoms with E-state index >= 15 is 0 Å². The maximum absolute atomic E-state index is 10.8. The molecule has 2 atom stereocenters. The lowest BCUT2D eigenvalue weighted by molar-refractivity contribution is -0.144. The molecule has 4 heteroatoms. The largest absolute Gasteiger partial charge is 0.479 e. The van der Waals surface area contributed by atoms with Crippen molar-refractivity contribution >= 4 is 5.97 Å². The quantitative estimate of drug-likeness (QED) is 0.841. The van der Waals surface area contributed by atoms with Crippen molar-refractivity contribution in [3.05, 3.63) is 29.3 Å². The van der Waals surface area contributed by atoms with Gasteiger partial charge in [0.1, 0.15) is 5.75 Å². The maximum Gasteiger partial charge on any atom is 0.344 e. The van der Waals surface area contributed by atoms with E-state index in [1.54, 1.807) is 12.1 Å². The average molecular weight is 236 g/mol. The number of rotatable bonds is 3. The molecule has 1 aliphatic carbocycles. The van der Waals surface area contributed by atoms with Crippen molar-refractivity contribution in [3.8, 4) is 5.75 Å². The fourth-order valence-electron chi connectivity index (χ4n) is 2.14. The molecular weight excluding hydrogens is 220 g/mol. The number of aliphatic hydroxyl groups is 1. The van der Waals surface area contributed by atoms with Crippen molar-refractivity contribution in [3.63, 3.8) is 0 Å². The van der Waals surface area contributed by atoms with Crippen LogP contribution in [0, 0.1) is 0 Å². The molecule has 2 unspecified atom stereocenters. The molecule has 0 amide bonds. The summed E-state index contributed by atoms with van der Waals surface area (Å²) < 4.78 is 5.41. The molecule has 0 aromatic heterocycles. The van der Waals surface area contributed by atoms with Gasteiger partial charge in [-0.25, -0.2) is 4.79 Å².